The van der Waals surface area contributed by atoms with Gasteiger partial charge in [0.05, 0.1) is 6.42 Å². The van der Waals surface area contributed by atoms with E-state index in [0.29, 0.717) is 16.5 Å². The number of fused-ring (bicyclic) bond motifs is 1. The molecule has 25 heavy (non-hydrogen) atoms. The molecule has 0 radical (unpaired) electrons. The first-order valence-corrected chi connectivity index (χ1v) is 9.85. The number of thioether (sulfide) groups is 1. The molecule has 3 aromatic rings. The lowest BCUT2D eigenvalue weighted by atomic mass is 10.1. The van der Waals surface area contributed by atoms with Gasteiger partial charge in [-0.1, -0.05) is 47.5 Å². The summed E-state index contributed by atoms with van der Waals surface area (Å²) in [7, 11) is 0. The highest BCUT2D eigenvalue weighted by molar-refractivity contribution is 7.99. The first kappa shape index (κ1) is 16.8. The maximum Gasteiger partial charge on any atom is 0.228 e. The van der Waals surface area contributed by atoms with Crippen LogP contribution in [-0.2, 0) is 11.2 Å². The van der Waals surface area contributed by atoms with Gasteiger partial charge < -0.3 is 9.88 Å². The highest BCUT2D eigenvalue weighted by Crippen LogP contribution is 2.41. The van der Waals surface area contributed by atoms with Crippen LogP contribution in [0.25, 0.3) is 10.9 Å². The number of carbonyl (C=O) groups is 1. The molecule has 0 saturated carbocycles. The van der Waals surface area contributed by atoms with Gasteiger partial charge in [-0.25, -0.2) is 0 Å². The average Bonchev–Trinajstić information content (AvgIpc) is 3.22. The van der Waals surface area contributed by atoms with Crippen LogP contribution >= 0.6 is 35.0 Å². The molecule has 1 saturated heterocycles. The summed E-state index contributed by atoms with van der Waals surface area (Å²) in [5, 5.41) is 2.26. The normalized spacial score (nSPS) is 17.4. The van der Waals surface area contributed by atoms with E-state index >= 15 is 0 Å². The highest BCUT2D eigenvalue weighted by Gasteiger charge is 2.32. The van der Waals surface area contributed by atoms with E-state index in [9.17, 15) is 4.79 Å². The number of aromatic amines is 1. The second-order valence-electron chi connectivity index (χ2n) is 6.01. The first-order chi connectivity index (χ1) is 12.1. The lowest BCUT2D eigenvalue weighted by Gasteiger charge is -2.25. The zero-order valence-corrected chi connectivity index (χ0v) is 15.7. The van der Waals surface area contributed by atoms with E-state index in [1.807, 2.05) is 47.5 Å². The molecule has 2 aromatic carbocycles. The van der Waals surface area contributed by atoms with Crippen LogP contribution in [0.5, 0.6) is 0 Å². The lowest BCUT2D eigenvalue weighted by Crippen LogP contribution is -2.31. The van der Waals surface area contributed by atoms with Crippen LogP contribution in [0.3, 0.4) is 0 Å². The number of rotatable bonds is 3. The molecule has 0 aliphatic carbocycles. The molecule has 0 bridgehead atoms. The fourth-order valence-corrected chi connectivity index (χ4v) is 5.12. The number of halogens is 2. The van der Waals surface area contributed by atoms with Crippen LogP contribution in [-0.4, -0.2) is 28.1 Å². The Morgan fingerprint density at radius 3 is 2.92 bits per heavy atom. The Bertz CT molecular complexity index is 940. The highest BCUT2D eigenvalue weighted by atomic mass is 35.5. The molecule has 1 fully saturated rings. The maximum absolute atomic E-state index is 12.9. The number of para-hydroxylation sites is 1. The minimum atomic E-state index is -0.0533. The first-order valence-electron chi connectivity index (χ1n) is 8.04. The number of amides is 1. The van der Waals surface area contributed by atoms with Crippen LogP contribution in [0.4, 0.5) is 0 Å². The van der Waals surface area contributed by atoms with Gasteiger partial charge in [-0.05, 0) is 23.8 Å². The summed E-state index contributed by atoms with van der Waals surface area (Å²) in [5.41, 5.74) is 3.03. The second-order valence-corrected chi connectivity index (χ2v) is 8.04. The van der Waals surface area contributed by atoms with E-state index in [2.05, 4.69) is 4.98 Å². The van der Waals surface area contributed by atoms with E-state index in [-0.39, 0.29) is 11.3 Å². The van der Waals surface area contributed by atoms with Crippen LogP contribution in [0, 0.1) is 0 Å². The topological polar surface area (TPSA) is 36.1 Å². The van der Waals surface area contributed by atoms with Crippen LogP contribution in [0.15, 0.2) is 48.7 Å². The smallest absolute Gasteiger partial charge is 0.228 e. The summed E-state index contributed by atoms with van der Waals surface area (Å²) < 4.78 is 0. The van der Waals surface area contributed by atoms with Crippen LogP contribution in [0.2, 0.25) is 10.0 Å². The number of benzene rings is 2. The van der Waals surface area contributed by atoms with Gasteiger partial charge in [-0.15, -0.1) is 11.8 Å². The summed E-state index contributed by atoms with van der Waals surface area (Å²) in [5.74, 6) is 1.02. The standard InChI is InChI=1S/C19H16Cl2N2OS/c20-13-5-6-15(16(21)10-13)19-23(7-8-25-19)18(24)9-12-11-22-17-4-2-1-3-14(12)17/h1-6,10-11,19,22H,7-9H2. The Balaban J connectivity index is 1.58. The van der Waals surface area contributed by atoms with E-state index < -0.39 is 0 Å². The number of H-pyrrole nitrogens is 1. The molecular weight excluding hydrogens is 375 g/mol. The number of aromatic nitrogens is 1. The van der Waals surface area contributed by atoms with Crippen molar-refractivity contribution < 1.29 is 4.79 Å². The SMILES string of the molecule is O=C(Cc1c[nH]c2ccccc12)N1CCSC1c1ccc(Cl)cc1Cl. The molecule has 1 amide bonds. The molecular formula is C19H16Cl2N2OS. The zero-order chi connectivity index (χ0) is 17.4. The third kappa shape index (κ3) is 3.26. The van der Waals surface area contributed by atoms with E-state index in [1.54, 1.807) is 17.8 Å². The third-order valence-corrected chi connectivity index (χ3v) is 6.26. The molecule has 2 heterocycles. The van der Waals surface area contributed by atoms with Crippen molar-refractivity contribution in [2.75, 3.05) is 12.3 Å². The number of nitrogens with zero attached hydrogens (tertiary/aromatic N) is 1. The molecule has 1 N–H and O–H groups in total. The van der Waals surface area contributed by atoms with Gasteiger partial charge in [0.15, 0.2) is 0 Å². The largest absolute Gasteiger partial charge is 0.361 e. The maximum atomic E-state index is 12.9. The van der Waals surface area contributed by atoms with Gasteiger partial charge in [-0.2, -0.15) is 0 Å². The predicted molar refractivity (Wildman–Crippen MR) is 105 cm³/mol. The van der Waals surface area contributed by atoms with Crippen molar-refractivity contribution in [3.63, 3.8) is 0 Å². The Morgan fingerprint density at radius 2 is 2.08 bits per heavy atom. The molecule has 0 spiro atoms. The van der Waals surface area contributed by atoms with Gasteiger partial charge in [0.25, 0.3) is 0 Å². The quantitative estimate of drug-likeness (QED) is 0.659. The van der Waals surface area contributed by atoms with Crippen LogP contribution in [0.1, 0.15) is 16.5 Å². The zero-order valence-electron chi connectivity index (χ0n) is 13.3. The van der Waals surface area contributed by atoms with Crippen molar-refractivity contribution in [2.24, 2.45) is 0 Å². The summed E-state index contributed by atoms with van der Waals surface area (Å²) in [4.78, 5) is 18.1. The molecule has 3 nitrogen and oxygen atoms in total. The molecule has 1 aliphatic rings. The monoisotopic (exact) mass is 390 g/mol. The van der Waals surface area contributed by atoms with Gasteiger partial charge >= 0.3 is 0 Å². The molecule has 4 rings (SSSR count). The average molecular weight is 391 g/mol. The van der Waals surface area contributed by atoms with E-state index in [1.165, 1.54) is 0 Å². The summed E-state index contributed by atoms with van der Waals surface area (Å²) in [6.07, 6.45) is 2.31. The minimum absolute atomic E-state index is 0.0533. The molecule has 128 valence electrons. The number of hydrogen-bond donors (Lipinski definition) is 1. The van der Waals surface area contributed by atoms with Gasteiger partial charge in [0, 0.05) is 45.0 Å². The Morgan fingerprint density at radius 1 is 1.24 bits per heavy atom. The fraction of sp³-hybridized carbons (Fsp3) is 0.211. The van der Waals surface area contributed by atoms with E-state index in [4.69, 9.17) is 23.2 Å². The number of nitrogens with one attached hydrogen (secondary N) is 1. The van der Waals surface area contributed by atoms with Crippen molar-refractivity contribution in [2.45, 2.75) is 11.8 Å². The van der Waals surface area contributed by atoms with Gasteiger partial charge in [0.2, 0.25) is 5.91 Å². The Hall–Kier alpha value is -1.62. The molecule has 1 aromatic heterocycles. The molecule has 1 aliphatic heterocycles. The number of hydrogen-bond acceptors (Lipinski definition) is 2. The molecule has 1 atom stereocenters. The fourth-order valence-electron chi connectivity index (χ4n) is 3.23. The summed E-state index contributed by atoms with van der Waals surface area (Å²) >= 11 is 14.1. The van der Waals surface area contributed by atoms with Gasteiger partial charge in [-0.3, -0.25) is 4.79 Å². The van der Waals surface area contributed by atoms with Crippen LogP contribution < -0.4 is 0 Å². The van der Waals surface area contributed by atoms with Crippen molar-refractivity contribution in [3.8, 4) is 0 Å². The predicted octanol–water partition coefficient (Wildman–Crippen LogP) is 5.29. The summed E-state index contributed by atoms with van der Waals surface area (Å²) in [6.45, 7) is 0.732. The van der Waals surface area contributed by atoms with Crippen molar-refractivity contribution in [1.82, 2.24) is 9.88 Å². The van der Waals surface area contributed by atoms with Crippen molar-refractivity contribution in [3.05, 3.63) is 69.8 Å². The molecule has 6 heteroatoms. The third-order valence-electron chi connectivity index (χ3n) is 4.46. The van der Waals surface area contributed by atoms with Gasteiger partial charge in [0.1, 0.15) is 5.37 Å². The minimum Gasteiger partial charge on any atom is -0.361 e. The van der Waals surface area contributed by atoms with E-state index in [0.717, 1.165) is 34.3 Å². The second kappa shape index (κ2) is 6.94. The van der Waals surface area contributed by atoms with Crippen molar-refractivity contribution in [1.29, 1.82) is 0 Å². The Kier molecular flexibility index (Phi) is 4.67. The summed E-state index contributed by atoms with van der Waals surface area (Å²) in [6, 6.07) is 13.5. The molecule has 1 unspecified atom stereocenters. The Labute approximate surface area is 160 Å². The lowest BCUT2D eigenvalue weighted by molar-refractivity contribution is -0.130. The number of carbonyl (C=O) groups excluding carboxylic acids is 1. The van der Waals surface area contributed by atoms with Crippen molar-refractivity contribution >= 4 is 51.8 Å².